The molecule has 1 atom stereocenters. The molecular weight excluding hydrogens is 238 g/mol. The summed E-state index contributed by atoms with van der Waals surface area (Å²) in [4.78, 5) is 15.7. The van der Waals surface area contributed by atoms with Crippen molar-refractivity contribution in [2.75, 3.05) is 18.4 Å². The molecule has 1 unspecified atom stereocenters. The Morgan fingerprint density at radius 2 is 2.53 bits per heavy atom. The van der Waals surface area contributed by atoms with Gasteiger partial charge in [0.2, 0.25) is 5.91 Å². The molecule has 1 aromatic heterocycles. The van der Waals surface area contributed by atoms with Crippen LogP contribution in [0.1, 0.15) is 19.3 Å². The van der Waals surface area contributed by atoms with E-state index in [1.807, 2.05) is 0 Å². The van der Waals surface area contributed by atoms with E-state index in [1.165, 1.54) is 0 Å². The molecule has 1 fully saturated rings. The number of amides is 1. The highest BCUT2D eigenvalue weighted by molar-refractivity contribution is 6.33. The molecule has 2 rings (SSSR count). The molecule has 1 aliphatic rings. The molecule has 2 heterocycles. The zero-order valence-electron chi connectivity index (χ0n) is 9.58. The summed E-state index contributed by atoms with van der Waals surface area (Å²) >= 11 is 5.94. The van der Waals surface area contributed by atoms with Gasteiger partial charge in [0.05, 0.1) is 16.9 Å². The van der Waals surface area contributed by atoms with E-state index in [4.69, 9.17) is 11.6 Å². The van der Waals surface area contributed by atoms with Crippen LogP contribution in [0.4, 0.5) is 5.69 Å². The second-order valence-electron chi connectivity index (χ2n) is 4.32. The summed E-state index contributed by atoms with van der Waals surface area (Å²) in [5.41, 5.74) is 0.586. The van der Waals surface area contributed by atoms with Gasteiger partial charge in [-0.3, -0.25) is 9.78 Å². The number of anilines is 1. The van der Waals surface area contributed by atoms with E-state index in [1.54, 1.807) is 18.5 Å². The Hall–Kier alpha value is -1.13. The number of carbonyl (C=O) groups is 1. The first-order chi connectivity index (χ1) is 8.25. The van der Waals surface area contributed by atoms with Crippen molar-refractivity contribution >= 4 is 23.2 Å². The van der Waals surface area contributed by atoms with Crippen molar-refractivity contribution in [2.45, 2.75) is 19.3 Å². The van der Waals surface area contributed by atoms with Gasteiger partial charge in [-0.2, -0.15) is 0 Å². The third kappa shape index (κ3) is 3.68. The van der Waals surface area contributed by atoms with Crippen LogP contribution in [-0.4, -0.2) is 24.0 Å². The highest BCUT2D eigenvalue weighted by atomic mass is 35.5. The van der Waals surface area contributed by atoms with Gasteiger partial charge >= 0.3 is 0 Å². The van der Waals surface area contributed by atoms with Crippen molar-refractivity contribution in [3.05, 3.63) is 23.5 Å². The molecule has 4 nitrogen and oxygen atoms in total. The molecule has 1 amide bonds. The molecule has 0 radical (unpaired) electrons. The maximum absolute atomic E-state index is 11.8. The lowest BCUT2D eigenvalue weighted by Crippen LogP contribution is -2.32. The smallest absolute Gasteiger partial charge is 0.224 e. The Bertz CT molecular complexity index is 391. The number of nitrogens with zero attached hydrogens (tertiary/aromatic N) is 1. The zero-order valence-corrected chi connectivity index (χ0v) is 10.3. The van der Waals surface area contributed by atoms with E-state index in [-0.39, 0.29) is 5.91 Å². The maximum Gasteiger partial charge on any atom is 0.224 e. The second-order valence-corrected chi connectivity index (χ2v) is 4.73. The molecule has 17 heavy (non-hydrogen) atoms. The monoisotopic (exact) mass is 253 g/mol. The van der Waals surface area contributed by atoms with Gasteiger partial charge in [0.25, 0.3) is 0 Å². The molecule has 2 N–H and O–H groups in total. The van der Waals surface area contributed by atoms with Gasteiger partial charge in [-0.25, -0.2) is 0 Å². The van der Waals surface area contributed by atoms with Gasteiger partial charge < -0.3 is 10.6 Å². The Kier molecular flexibility index (Phi) is 4.34. The van der Waals surface area contributed by atoms with E-state index >= 15 is 0 Å². The van der Waals surface area contributed by atoms with Crippen molar-refractivity contribution in [2.24, 2.45) is 5.92 Å². The number of halogens is 1. The summed E-state index contributed by atoms with van der Waals surface area (Å²) in [6.45, 7) is 1.99. The first-order valence-corrected chi connectivity index (χ1v) is 6.23. The van der Waals surface area contributed by atoms with Gasteiger partial charge in [0, 0.05) is 12.6 Å². The number of carbonyl (C=O) groups excluding carboxylic acids is 1. The van der Waals surface area contributed by atoms with Crippen LogP contribution in [0.2, 0.25) is 5.02 Å². The van der Waals surface area contributed by atoms with Crippen molar-refractivity contribution in [3.8, 4) is 0 Å². The number of aromatic nitrogens is 1. The number of piperidine rings is 1. The van der Waals surface area contributed by atoms with E-state index < -0.39 is 0 Å². The van der Waals surface area contributed by atoms with Gasteiger partial charge in [0.1, 0.15) is 0 Å². The molecule has 1 aliphatic heterocycles. The van der Waals surface area contributed by atoms with Crippen molar-refractivity contribution in [1.82, 2.24) is 10.3 Å². The summed E-state index contributed by atoms with van der Waals surface area (Å²) in [5, 5.41) is 6.62. The number of pyridine rings is 1. The highest BCUT2D eigenvalue weighted by Crippen LogP contribution is 2.20. The number of rotatable bonds is 3. The van der Waals surface area contributed by atoms with Crippen LogP contribution in [-0.2, 0) is 4.79 Å². The molecule has 1 saturated heterocycles. The van der Waals surface area contributed by atoms with Crippen LogP contribution >= 0.6 is 11.6 Å². The standard InChI is InChI=1S/C12H16ClN3O/c13-10-3-5-15-8-11(10)16-12(17)6-9-2-1-4-14-7-9/h3,5,8-9,14H,1-2,4,6-7H2,(H,16,17). The fourth-order valence-electron chi connectivity index (χ4n) is 2.03. The Balaban J connectivity index is 1.86. The van der Waals surface area contributed by atoms with E-state index in [2.05, 4.69) is 15.6 Å². The minimum absolute atomic E-state index is 0.00796. The fourth-order valence-corrected chi connectivity index (χ4v) is 2.18. The molecule has 0 bridgehead atoms. The average Bonchev–Trinajstić information content (AvgIpc) is 2.33. The summed E-state index contributed by atoms with van der Waals surface area (Å²) < 4.78 is 0. The largest absolute Gasteiger partial charge is 0.323 e. The third-order valence-electron chi connectivity index (χ3n) is 2.91. The summed E-state index contributed by atoms with van der Waals surface area (Å²) in [7, 11) is 0. The van der Waals surface area contributed by atoms with E-state index in [0.29, 0.717) is 23.0 Å². The Morgan fingerprint density at radius 1 is 1.65 bits per heavy atom. The van der Waals surface area contributed by atoms with Crippen LogP contribution in [0.5, 0.6) is 0 Å². The zero-order chi connectivity index (χ0) is 12.1. The van der Waals surface area contributed by atoms with E-state index in [0.717, 1.165) is 25.9 Å². The van der Waals surface area contributed by atoms with Gasteiger partial charge in [-0.15, -0.1) is 0 Å². The Morgan fingerprint density at radius 3 is 3.24 bits per heavy atom. The van der Waals surface area contributed by atoms with Crippen LogP contribution in [0.15, 0.2) is 18.5 Å². The number of hydrogen-bond acceptors (Lipinski definition) is 3. The van der Waals surface area contributed by atoms with E-state index in [9.17, 15) is 4.79 Å². The molecule has 5 heteroatoms. The lowest BCUT2D eigenvalue weighted by Gasteiger charge is -2.22. The topological polar surface area (TPSA) is 54.0 Å². The number of nitrogens with one attached hydrogen (secondary N) is 2. The van der Waals surface area contributed by atoms with Crippen molar-refractivity contribution < 1.29 is 4.79 Å². The minimum atomic E-state index is 0.00796. The predicted octanol–water partition coefficient (Wildman–Crippen LogP) is 2.06. The SMILES string of the molecule is O=C(CC1CCCNC1)Nc1cnccc1Cl. The first-order valence-electron chi connectivity index (χ1n) is 5.86. The van der Waals surface area contributed by atoms with Crippen molar-refractivity contribution in [3.63, 3.8) is 0 Å². The lowest BCUT2D eigenvalue weighted by molar-refractivity contribution is -0.117. The minimum Gasteiger partial charge on any atom is -0.323 e. The lowest BCUT2D eigenvalue weighted by atomic mass is 9.96. The molecule has 0 aliphatic carbocycles. The van der Waals surface area contributed by atoms with Crippen LogP contribution in [0.25, 0.3) is 0 Å². The van der Waals surface area contributed by atoms with Crippen LogP contribution in [0.3, 0.4) is 0 Å². The molecule has 92 valence electrons. The van der Waals surface area contributed by atoms with Gasteiger partial charge in [-0.05, 0) is 37.9 Å². The predicted molar refractivity (Wildman–Crippen MR) is 68.1 cm³/mol. The van der Waals surface area contributed by atoms with Crippen molar-refractivity contribution in [1.29, 1.82) is 0 Å². The summed E-state index contributed by atoms with van der Waals surface area (Å²) in [6.07, 6.45) is 5.97. The normalized spacial score (nSPS) is 19.9. The molecule has 0 spiro atoms. The summed E-state index contributed by atoms with van der Waals surface area (Å²) in [5.74, 6) is 0.438. The molecular formula is C12H16ClN3O. The molecule has 1 aromatic rings. The molecule has 0 aromatic carbocycles. The highest BCUT2D eigenvalue weighted by Gasteiger charge is 2.17. The Labute approximate surface area is 106 Å². The third-order valence-corrected chi connectivity index (χ3v) is 3.24. The number of hydrogen-bond donors (Lipinski definition) is 2. The molecule has 0 saturated carbocycles. The van der Waals surface area contributed by atoms with Crippen LogP contribution < -0.4 is 10.6 Å². The summed E-state index contributed by atoms with van der Waals surface area (Å²) in [6, 6.07) is 1.67. The second kappa shape index (κ2) is 5.98. The quantitative estimate of drug-likeness (QED) is 0.867. The fraction of sp³-hybridized carbons (Fsp3) is 0.500. The maximum atomic E-state index is 11.8. The van der Waals surface area contributed by atoms with Gasteiger partial charge in [0.15, 0.2) is 0 Å². The average molecular weight is 254 g/mol. The van der Waals surface area contributed by atoms with Crippen LogP contribution in [0, 0.1) is 5.92 Å². The first kappa shape index (κ1) is 12.3. The van der Waals surface area contributed by atoms with Gasteiger partial charge in [-0.1, -0.05) is 11.6 Å².